The van der Waals surface area contributed by atoms with Crippen LogP contribution in [0.2, 0.25) is 0 Å². The summed E-state index contributed by atoms with van der Waals surface area (Å²) in [5.41, 5.74) is 2.73. The second-order valence-corrected chi connectivity index (χ2v) is 5.98. The van der Waals surface area contributed by atoms with Gasteiger partial charge < -0.3 is 34.6 Å². The molecule has 0 aromatic heterocycles. The first-order valence-corrected chi connectivity index (χ1v) is 7.87. The van der Waals surface area contributed by atoms with Crippen molar-refractivity contribution in [3.05, 3.63) is 66.2 Å². The third-order valence-electron chi connectivity index (χ3n) is 4.41. The molecule has 1 aliphatic heterocycles. The highest BCUT2D eigenvalue weighted by Crippen LogP contribution is 2.25. The van der Waals surface area contributed by atoms with Gasteiger partial charge in [-0.05, 0) is 50.7 Å². The molecule has 0 bridgehead atoms. The van der Waals surface area contributed by atoms with E-state index in [9.17, 15) is 0 Å². The molecule has 23 heavy (non-hydrogen) atoms. The van der Waals surface area contributed by atoms with Crippen LogP contribution in [0, 0.1) is 0 Å². The van der Waals surface area contributed by atoms with Gasteiger partial charge in [0.1, 0.15) is 0 Å². The lowest BCUT2D eigenvalue weighted by Crippen LogP contribution is -3.00. The van der Waals surface area contributed by atoms with Crippen molar-refractivity contribution in [2.45, 2.75) is 25.4 Å². The van der Waals surface area contributed by atoms with Crippen LogP contribution in [0.25, 0.3) is 0 Å². The van der Waals surface area contributed by atoms with Gasteiger partial charge in [0.15, 0.2) is 0 Å². The van der Waals surface area contributed by atoms with Crippen LogP contribution in [0.3, 0.4) is 0 Å². The predicted octanol–water partition coefficient (Wildman–Crippen LogP) is -1.98. The topological polar surface area (TPSA) is 6.48 Å². The lowest BCUT2D eigenvalue weighted by atomic mass is 10.0. The van der Waals surface area contributed by atoms with Crippen LogP contribution < -0.4 is 29.7 Å². The van der Waals surface area contributed by atoms with Gasteiger partial charge in [-0.2, -0.15) is 0 Å². The van der Waals surface area contributed by atoms with E-state index in [1.54, 1.807) is 0 Å². The lowest BCUT2D eigenvalue weighted by Gasteiger charge is -2.39. The van der Waals surface area contributed by atoms with Gasteiger partial charge in [-0.3, -0.25) is 0 Å². The zero-order valence-corrected chi connectivity index (χ0v) is 15.0. The molecule has 2 aromatic rings. The van der Waals surface area contributed by atoms with E-state index >= 15 is 0 Å². The predicted molar refractivity (Wildman–Crippen MR) is 91.8 cm³/mol. The summed E-state index contributed by atoms with van der Waals surface area (Å²) in [5, 5.41) is 0. The lowest BCUT2D eigenvalue weighted by molar-refractivity contribution is -0.00100. The highest BCUT2D eigenvalue weighted by Gasteiger charge is 2.23. The van der Waals surface area contributed by atoms with Gasteiger partial charge in [0.2, 0.25) is 0 Å². The molecule has 0 spiro atoms. The summed E-state index contributed by atoms with van der Waals surface area (Å²) in [4.78, 5) is 5.02. The minimum Gasteiger partial charge on any atom is -1.00 e. The molecule has 1 heterocycles. The second kappa shape index (κ2) is 9.82. The number of para-hydroxylation sites is 1. The molecule has 0 atom stereocenters. The summed E-state index contributed by atoms with van der Waals surface area (Å²) in [5.74, 6) is 0. The van der Waals surface area contributed by atoms with Crippen molar-refractivity contribution in [3.8, 4) is 0 Å². The van der Waals surface area contributed by atoms with Crippen molar-refractivity contribution in [2.75, 3.05) is 25.0 Å². The molecule has 0 radical (unpaired) electrons. The largest absolute Gasteiger partial charge is 1.00 e. The molecule has 2 nitrogen and oxygen atoms in total. The van der Waals surface area contributed by atoms with E-state index in [2.05, 4.69) is 77.5 Å². The summed E-state index contributed by atoms with van der Waals surface area (Å²) >= 11 is 0. The third kappa shape index (κ3) is 5.42. The maximum absolute atomic E-state index is 2.59. The zero-order valence-electron chi connectivity index (χ0n) is 15.5. The highest BCUT2D eigenvalue weighted by molar-refractivity contribution is 5.48. The van der Waals surface area contributed by atoms with Crippen molar-refractivity contribution in [1.82, 2.24) is 4.90 Å². The zero-order chi connectivity index (χ0) is 14.5. The van der Waals surface area contributed by atoms with Crippen molar-refractivity contribution < 1.29 is 27.7 Å². The Balaban J connectivity index is 0. The summed E-state index contributed by atoms with van der Waals surface area (Å²) in [6.45, 7) is 3.39. The average molecular weight is 353 g/mol. The second-order valence-electron chi connectivity index (χ2n) is 5.98. The highest BCUT2D eigenvalue weighted by atomic mass is 35.5. The van der Waals surface area contributed by atoms with Gasteiger partial charge in [-0.15, -0.1) is 0 Å². The molecular formula is C19H26Cl2N2. The molecule has 0 saturated carbocycles. The van der Waals surface area contributed by atoms with Crippen LogP contribution in [0.1, 0.15) is 21.3 Å². The summed E-state index contributed by atoms with van der Waals surface area (Å²) < 4.78 is 0. The van der Waals surface area contributed by atoms with E-state index in [0.717, 1.165) is 6.54 Å². The van der Waals surface area contributed by atoms with Gasteiger partial charge in [-0.25, -0.2) is 0 Å². The fourth-order valence-corrected chi connectivity index (χ4v) is 3.14. The molecule has 0 unspecified atom stereocenters. The Labute approximate surface area is 155 Å². The molecule has 1 aliphatic rings. The number of hydrogen-bond acceptors (Lipinski definition) is 2. The molecule has 3 rings (SSSR count). The van der Waals surface area contributed by atoms with E-state index in [1.165, 1.54) is 37.2 Å². The van der Waals surface area contributed by atoms with E-state index in [-0.39, 0.29) is 27.7 Å². The van der Waals surface area contributed by atoms with Gasteiger partial charge >= 0.3 is 2.85 Å². The molecule has 0 amide bonds. The number of piperidine rings is 1. The van der Waals surface area contributed by atoms with Crippen LogP contribution in [0.4, 0.5) is 5.69 Å². The number of likely N-dealkylation sites (tertiary alicyclic amines) is 1. The minimum atomic E-state index is 0. The summed E-state index contributed by atoms with van der Waals surface area (Å²) in [6.07, 6.45) is 2.50. The van der Waals surface area contributed by atoms with E-state index in [1.807, 2.05) is 0 Å². The number of hydrogen-bond donors (Lipinski definition) is 0. The first-order valence-electron chi connectivity index (χ1n) is 7.87. The Bertz CT molecular complexity index is 550. The third-order valence-corrected chi connectivity index (χ3v) is 4.41. The Morgan fingerprint density at radius 2 is 1.43 bits per heavy atom. The standard InChI is InChI=1S/C19H24N2.2ClH/c1-20-14-12-19(13-15-20)21(18-10-6-3-7-11-18)16-17-8-4-2-5-9-17;;/h2-11,19H,12-16H2,1H3;2*1H. The maximum Gasteiger partial charge on any atom is 1.00 e. The van der Waals surface area contributed by atoms with E-state index in [0.29, 0.717) is 6.04 Å². The van der Waals surface area contributed by atoms with Crippen molar-refractivity contribution in [3.63, 3.8) is 0 Å². The first-order chi connectivity index (χ1) is 10.3. The van der Waals surface area contributed by atoms with Crippen LogP contribution in [0.15, 0.2) is 60.7 Å². The normalized spacial score (nSPS) is 15.3. The van der Waals surface area contributed by atoms with Gasteiger partial charge in [0.25, 0.3) is 0 Å². The Morgan fingerprint density at radius 1 is 0.913 bits per heavy atom. The van der Waals surface area contributed by atoms with Gasteiger partial charge in [0, 0.05) is 18.3 Å². The molecular weight excluding hydrogens is 327 g/mol. The quantitative estimate of drug-likeness (QED) is 0.629. The molecule has 2 aromatic carbocycles. The van der Waals surface area contributed by atoms with Crippen molar-refractivity contribution >= 4 is 5.69 Å². The van der Waals surface area contributed by atoms with Crippen molar-refractivity contribution in [1.29, 1.82) is 0 Å². The van der Waals surface area contributed by atoms with E-state index in [4.69, 9.17) is 0 Å². The molecule has 0 N–H and O–H groups in total. The van der Waals surface area contributed by atoms with Crippen LogP contribution >= 0.6 is 0 Å². The molecule has 0 aliphatic carbocycles. The fraction of sp³-hybridized carbons (Fsp3) is 0.368. The fourth-order valence-electron chi connectivity index (χ4n) is 3.14. The number of rotatable bonds is 4. The first kappa shape index (κ1) is 19.8. The molecule has 1 fully saturated rings. The number of halogens is 2. The van der Waals surface area contributed by atoms with Crippen LogP contribution in [-0.4, -0.2) is 31.1 Å². The minimum absolute atomic E-state index is 0. The van der Waals surface area contributed by atoms with Crippen LogP contribution in [0.5, 0.6) is 0 Å². The molecule has 4 heteroatoms. The molecule has 126 valence electrons. The Kier molecular flexibility index (Phi) is 8.46. The SMILES string of the molecule is CN1CCC(N(Cc2ccccc2)c2ccccc2)CC1.[Cl-].[Cl-].[H+].[H+]. The smallest absolute Gasteiger partial charge is 1.00 e. The maximum atomic E-state index is 2.59. The van der Waals surface area contributed by atoms with E-state index < -0.39 is 0 Å². The van der Waals surface area contributed by atoms with Crippen molar-refractivity contribution in [2.24, 2.45) is 0 Å². The van der Waals surface area contributed by atoms with Gasteiger partial charge in [0.05, 0.1) is 0 Å². The Morgan fingerprint density at radius 3 is 2.00 bits per heavy atom. The monoisotopic (exact) mass is 352 g/mol. The van der Waals surface area contributed by atoms with Crippen LogP contribution in [-0.2, 0) is 6.54 Å². The number of anilines is 1. The Hall–Kier alpha value is -1.22. The molecule has 1 saturated heterocycles. The summed E-state index contributed by atoms with van der Waals surface area (Å²) in [6, 6.07) is 22.3. The average Bonchev–Trinajstić information content (AvgIpc) is 2.55. The summed E-state index contributed by atoms with van der Waals surface area (Å²) in [7, 11) is 2.22. The number of benzene rings is 2. The number of nitrogens with zero attached hydrogens (tertiary/aromatic N) is 2. The van der Waals surface area contributed by atoms with Gasteiger partial charge in [-0.1, -0.05) is 48.5 Å².